The molecule has 0 aliphatic carbocycles. The van der Waals surface area contributed by atoms with Crippen molar-refractivity contribution in [3.8, 4) is 5.75 Å². The van der Waals surface area contributed by atoms with Crippen molar-refractivity contribution >= 4 is 11.8 Å². The molecule has 7 heteroatoms. The van der Waals surface area contributed by atoms with E-state index < -0.39 is 23.1 Å². The van der Waals surface area contributed by atoms with Crippen LogP contribution in [0.4, 0.5) is 5.82 Å². The van der Waals surface area contributed by atoms with Gasteiger partial charge in [0.05, 0.1) is 6.42 Å². The van der Waals surface area contributed by atoms with Crippen molar-refractivity contribution in [2.45, 2.75) is 6.42 Å². The first-order chi connectivity index (χ1) is 6.50. The molecule has 0 saturated carbocycles. The average molecular weight is 198 g/mol. The molecule has 14 heavy (non-hydrogen) atoms. The third-order valence-electron chi connectivity index (χ3n) is 1.48. The molecule has 0 spiro atoms. The zero-order chi connectivity index (χ0) is 10.7. The Kier molecular flexibility index (Phi) is 2.61. The highest BCUT2D eigenvalue weighted by Crippen LogP contribution is 2.20. The Bertz CT molecular complexity index is 390. The van der Waals surface area contributed by atoms with E-state index in [0.717, 1.165) is 12.3 Å². The lowest BCUT2D eigenvalue weighted by molar-refractivity contribution is -0.389. The number of carbonyl (C=O) groups is 1. The van der Waals surface area contributed by atoms with Gasteiger partial charge in [-0.25, -0.2) is 0 Å². The molecule has 1 heterocycles. The number of nitrogens with zero attached hydrogens (tertiary/aromatic N) is 2. The van der Waals surface area contributed by atoms with Crippen molar-refractivity contribution in [2.75, 3.05) is 0 Å². The van der Waals surface area contributed by atoms with Crippen LogP contribution in [-0.2, 0) is 11.2 Å². The van der Waals surface area contributed by atoms with Crippen molar-refractivity contribution in [2.24, 2.45) is 0 Å². The summed E-state index contributed by atoms with van der Waals surface area (Å²) < 4.78 is 0. The quantitative estimate of drug-likeness (QED) is 0.534. The van der Waals surface area contributed by atoms with E-state index in [2.05, 4.69) is 4.98 Å². The van der Waals surface area contributed by atoms with Crippen LogP contribution < -0.4 is 0 Å². The second kappa shape index (κ2) is 3.69. The minimum Gasteiger partial charge on any atom is -0.504 e. The number of aromatic nitrogens is 1. The molecule has 0 fully saturated rings. The number of rotatable bonds is 3. The van der Waals surface area contributed by atoms with Gasteiger partial charge in [-0.05, 0) is 9.91 Å². The lowest BCUT2D eigenvalue weighted by atomic mass is 10.2. The molecule has 1 aromatic rings. The minimum absolute atomic E-state index is 0.0285. The SMILES string of the molecule is O=C(O)Cc1cc([N+](=O)[O-])ncc1O. The zero-order valence-electron chi connectivity index (χ0n) is 6.88. The van der Waals surface area contributed by atoms with Crippen LogP contribution in [0.15, 0.2) is 12.3 Å². The first-order valence-electron chi connectivity index (χ1n) is 3.55. The number of pyridine rings is 1. The molecule has 0 amide bonds. The largest absolute Gasteiger partial charge is 0.504 e. The van der Waals surface area contributed by atoms with Crippen molar-refractivity contribution in [3.63, 3.8) is 0 Å². The first kappa shape index (κ1) is 9.90. The fraction of sp³-hybridized carbons (Fsp3) is 0.143. The second-order valence-corrected chi connectivity index (χ2v) is 2.50. The molecular weight excluding hydrogens is 192 g/mol. The van der Waals surface area contributed by atoms with Crippen LogP contribution in [-0.4, -0.2) is 26.1 Å². The minimum atomic E-state index is -1.18. The van der Waals surface area contributed by atoms with Gasteiger partial charge in [-0.15, -0.1) is 0 Å². The molecule has 7 nitrogen and oxygen atoms in total. The van der Waals surface area contributed by atoms with Gasteiger partial charge in [0.2, 0.25) is 0 Å². The van der Waals surface area contributed by atoms with Crippen LogP contribution in [0, 0.1) is 10.1 Å². The van der Waals surface area contributed by atoms with E-state index in [1.807, 2.05) is 0 Å². The van der Waals surface area contributed by atoms with Gasteiger partial charge in [-0.3, -0.25) is 4.79 Å². The maximum absolute atomic E-state index is 10.3. The van der Waals surface area contributed by atoms with E-state index >= 15 is 0 Å². The van der Waals surface area contributed by atoms with E-state index in [-0.39, 0.29) is 11.3 Å². The van der Waals surface area contributed by atoms with Crippen LogP contribution >= 0.6 is 0 Å². The Labute approximate surface area is 77.8 Å². The number of carboxylic acids is 1. The summed E-state index contributed by atoms with van der Waals surface area (Å²) in [7, 11) is 0. The summed E-state index contributed by atoms with van der Waals surface area (Å²) in [4.78, 5) is 23.1. The molecule has 0 radical (unpaired) electrons. The molecule has 0 bridgehead atoms. The normalized spacial score (nSPS) is 9.71. The molecule has 1 aromatic heterocycles. The predicted molar refractivity (Wildman–Crippen MR) is 43.9 cm³/mol. The molecule has 2 N–H and O–H groups in total. The maximum Gasteiger partial charge on any atom is 0.363 e. The fourth-order valence-corrected chi connectivity index (χ4v) is 0.882. The average Bonchev–Trinajstić information content (AvgIpc) is 2.07. The van der Waals surface area contributed by atoms with Crippen LogP contribution in [0.3, 0.4) is 0 Å². The monoisotopic (exact) mass is 198 g/mol. The summed E-state index contributed by atoms with van der Waals surface area (Å²) in [5.74, 6) is -2.03. The Hall–Kier alpha value is -2.18. The standard InChI is InChI=1S/C7H6N2O5/c10-5-3-8-6(9(13)14)1-4(5)2-7(11)12/h1,3,10H,2H2,(H,11,12). The summed E-state index contributed by atoms with van der Waals surface area (Å²) in [6.45, 7) is 0. The van der Waals surface area contributed by atoms with Crippen LogP contribution in [0.5, 0.6) is 5.75 Å². The number of carboxylic acid groups (broad SMARTS) is 1. The lowest BCUT2D eigenvalue weighted by Crippen LogP contribution is -2.02. The van der Waals surface area contributed by atoms with Crippen molar-refractivity contribution < 1.29 is 19.9 Å². The maximum atomic E-state index is 10.3. The third-order valence-corrected chi connectivity index (χ3v) is 1.48. The van der Waals surface area contributed by atoms with Gasteiger partial charge in [0.1, 0.15) is 0 Å². The molecule has 0 saturated heterocycles. The smallest absolute Gasteiger partial charge is 0.363 e. The molecule has 74 valence electrons. The van der Waals surface area contributed by atoms with Gasteiger partial charge in [-0.1, -0.05) is 0 Å². The Morgan fingerprint density at radius 3 is 2.79 bits per heavy atom. The van der Waals surface area contributed by atoms with E-state index in [4.69, 9.17) is 10.2 Å². The highest BCUT2D eigenvalue weighted by Gasteiger charge is 2.14. The van der Waals surface area contributed by atoms with E-state index in [9.17, 15) is 14.9 Å². The fourth-order valence-electron chi connectivity index (χ4n) is 0.882. The highest BCUT2D eigenvalue weighted by atomic mass is 16.6. The first-order valence-corrected chi connectivity index (χ1v) is 3.55. The van der Waals surface area contributed by atoms with Gasteiger partial charge in [0.15, 0.2) is 11.9 Å². The number of hydrogen-bond acceptors (Lipinski definition) is 5. The summed E-state index contributed by atoms with van der Waals surface area (Å²) in [5.41, 5.74) is -0.0285. The number of hydrogen-bond donors (Lipinski definition) is 2. The molecule has 1 rings (SSSR count). The summed E-state index contributed by atoms with van der Waals surface area (Å²) in [6, 6.07) is 0.934. The van der Waals surface area contributed by atoms with Crippen LogP contribution in [0.2, 0.25) is 0 Å². The molecule has 0 aliphatic heterocycles. The van der Waals surface area contributed by atoms with E-state index in [0.29, 0.717) is 0 Å². The Morgan fingerprint density at radius 2 is 2.29 bits per heavy atom. The van der Waals surface area contributed by atoms with Gasteiger partial charge >= 0.3 is 11.8 Å². The number of nitro groups is 1. The van der Waals surface area contributed by atoms with Crippen molar-refractivity contribution in [1.29, 1.82) is 0 Å². The Balaban J connectivity index is 3.08. The molecular formula is C7H6N2O5. The van der Waals surface area contributed by atoms with Gasteiger partial charge in [0, 0.05) is 11.6 Å². The second-order valence-electron chi connectivity index (χ2n) is 2.50. The van der Waals surface area contributed by atoms with Crippen molar-refractivity contribution in [3.05, 3.63) is 27.9 Å². The van der Waals surface area contributed by atoms with Crippen LogP contribution in [0.1, 0.15) is 5.56 Å². The molecule has 0 unspecified atom stereocenters. The zero-order valence-corrected chi connectivity index (χ0v) is 6.88. The predicted octanol–water partition coefficient (Wildman–Crippen LogP) is 0.322. The van der Waals surface area contributed by atoms with Gasteiger partial charge in [-0.2, -0.15) is 0 Å². The van der Waals surface area contributed by atoms with E-state index in [1.54, 1.807) is 0 Å². The number of aliphatic carboxylic acids is 1. The summed E-state index contributed by atoms with van der Waals surface area (Å²) >= 11 is 0. The number of aromatic hydroxyl groups is 1. The topological polar surface area (TPSA) is 114 Å². The highest BCUT2D eigenvalue weighted by molar-refractivity contribution is 5.71. The summed E-state index contributed by atoms with van der Waals surface area (Å²) in [6.07, 6.45) is 0.381. The molecule has 0 atom stereocenters. The van der Waals surface area contributed by atoms with Crippen molar-refractivity contribution in [1.82, 2.24) is 4.98 Å². The lowest BCUT2D eigenvalue weighted by Gasteiger charge is -1.98. The van der Waals surface area contributed by atoms with Gasteiger partial charge in [0.25, 0.3) is 0 Å². The van der Waals surface area contributed by atoms with Crippen LogP contribution in [0.25, 0.3) is 0 Å². The Morgan fingerprint density at radius 1 is 1.64 bits per heavy atom. The van der Waals surface area contributed by atoms with E-state index in [1.165, 1.54) is 0 Å². The van der Waals surface area contributed by atoms with Gasteiger partial charge < -0.3 is 20.3 Å². The molecule has 0 aromatic carbocycles. The third kappa shape index (κ3) is 2.16. The molecule has 0 aliphatic rings. The summed E-state index contributed by atoms with van der Waals surface area (Å²) in [5, 5.41) is 27.8.